The van der Waals surface area contributed by atoms with Gasteiger partial charge in [-0.3, -0.25) is 4.79 Å². The number of hydrogen-bond acceptors (Lipinski definition) is 6. The SMILES string of the molecule is COc1cc(OC)cc(-c2nc(C3CC(=O)N(c4cccc(Cl)c4C)C3)no2)c1. The molecule has 4 rings (SSSR count). The van der Waals surface area contributed by atoms with Gasteiger partial charge in [0.1, 0.15) is 11.5 Å². The van der Waals surface area contributed by atoms with Crippen LogP contribution in [0.5, 0.6) is 11.5 Å². The fraction of sp³-hybridized carbons (Fsp3) is 0.286. The Balaban J connectivity index is 1.59. The van der Waals surface area contributed by atoms with Gasteiger partial charge in [-0.15, -0.1) is 0 Å². The topological polar surface area (TPSA) is 77.7 Å². The van der Waals surface area contributed by atoms with E-state index < -0.39 is 0 Å². The summed E-state index contributed by atoms with van der Waals surface area (Å²) in [7, 11) is 3.16. The van der Waals surface area contributed by atoms with Gasteiger partial charge >= 0.3 is 0 Å². The molecule has 1 aliphatic rings. The summed E-state index contributed by atoms with van der Waals surface area (Å²) in [6, 6.07) is 10.9. The van der Waals surface area contributed by atoms with Gasteiger partial charge < -0.3 is 18.9 Å². The van der Waals surface area contributed by atoms with Gasteiger partial charge in [0.15, 0.2) is 5.82 Å². The van der Waals surface area contributed by atoms with Crippen molar-refractivity contribution in [1.29, 1.82) is 0 Å². The van der Waals surface area contributed by atoms with Crippen molar-refractivity contribution in [3.05, 3.63) is 52.8 Å². The number of amides is 1. The lowest BCUT2D eigenvalue weighted by atomic mass is 10.1. The maximum Gasteiger partial charge on any atom is 0.258 e. The van der Waals surface area contributed by atoms with E-state index in [0.717, 1.165) is 11.3 Å². The third-order valence-electron chi connectivity index (χ3n) is 5.06. The second-order valence-electron chi connectivity index (χ2n) is 6.85. The molecule has 1 aliphatic heterocycles. The zero-order valence-electron chi connectivity index (χ0n) is 16.3. The number of benzene rings is 2. The van der Waals surface area contributed by atoms with E-state index in [-0.39, 0.29) is 11.8 Å². The molecular weight excluding hydrogens is 394 g/mol. The van der Waals surface area contributed by atoms with Gasteiger partial charge in [0.25, 0.3) is 5.89 Å². The van der Waals surface area contributed by atoms with E-state index in [1.54, 1.807) is 37.3 Å². The highest BCUT2D eigenvalue weighted by atomic mass is 35.5. The van der Waals surface area contributed by atoms with Crippen LogP contribution in [0.25, 0.3) is 11.5 Å². The summed E-state index contributed by atoms with van der Waals surface area (Å²) in [5.74, 6) is 1.94. The average Bonchev–Trinajstić information content (AvgIpc) is 3.36. The lowest BCUT2D eigenvalue weighted by Crippen LogP contribution is -2.25. The molecule has 3 aromatic rings. The molecule has 2 heterocycles. The molecule has 1 fully saturated rings. The summed E-state index contributed by atoms with van der Waals surface area (Å²) in [6.45, 7) is 2.38. The van der Waals surface area contributed by atoms with Crippen LogP contribution >= 0.6 is 11.6 Å². The summed E-state index contributed by atoms with van der Waals surface area (Å²) in [4.78, 5) is 18.9. The number of rotatable bonds is 5. The Morgan fingerprint density at radius 3 is 2.59 bits per heavy atom. The number of methoxy groups -OCH3 is 2. The maximum absolute atomic E-state index is 12.6. The number of aromatic nitrogens is 2. The monoisotopic (exact) mass is 413 g/mol. The molecule has 1 amide bonds. The van der Waals surface area contributed by atoms with Crippen LogP contribution in [0.15, 0.2) is 40.9 Å². The summed E-state index contributed by atoms with van der Waals surface area (Å²) >= 11 is 6.22. The highest BCUT2D eigenvalue weighted by Crippen LogP contribution is 2.35. The van der Waals surface area contributed by atoms with Gasteiger partial charge in [-0.2, -0.15) is 4.98 Å². The second-order valence-corrected chi connectivity index (χ2v) is 7.26. The Hall–Kier alpha value is -3.06. The fourth-order valence-corrected chi connectivity index (χ4v) is 3.62. The molecule has 8 heteroatoms. The van der Waals surface area contributed by atoms with Crippen molar-refractivity contribution >= 4 is 23.2 Å². The lowest BCUT2D eigenvalue weighted by molar-refractivity contribution is -0.117. The van der Waals surface area contributed by atoms with Crippen LogP contribution in [0.1, 0.15) is 23.7 Å². The highest BCUT2D eigenvalue weighted by Gasteiger charge is 2.35. The Kier molecular flexibility index (Phi) is 5.15. The molecule has 29 heavy (non-hydrogen) atoms. The van der Waals surface area contributed by atoms with Crippen molar-refractivity contribution in [2.45, 2.75) is 19.3 Å². The van der Waals surface area contributed by atoms with E-state index in [0.29, 0.717) is 46.8 Å². The molecule has 1 aromatic heterocycles. The maximum atomic E-state index is 12.6. The van der Waals surface area contributed by atoms with Crippen LogP contribution in [-0.4, -0.2) is 36.8 Å². The predicted octanol–water partition coefficient (Wildman–Crippen LogP) is 4.24. The third kappa shape index (κ3) is 3.65. The van der Waals surface area contributed by atoms with E-state index in [1.165, 1.54) is 0 Å². The number of carbonyl (C=O) groups excluding carboxylic acids is 1. The minimum absolute atomic E-state index is 0.00904. The summed E-state index contributed by atoms with van der Waals surface area (Å²) in [5.41, 5.74) is 2.37. The molecule has 7 nitrogen and oxygen atoms in total. The van der Waals surface area contributed by atoms with Crippen molar-refractivity contribution in [1.82, 2.24) is 10.1 Å². The molecule has 2 aromatic carbocycles. The Morgan fingerprint density at radius 2 is 1.90 bits per heavy atom. The minimum Gasteiger partial charge on any atom is -0.497 e. The molecule has 0 radical (unpaired) electrons. The number of nitrogens with zero attached hydrogens (tertiary/aromatic N) is 3. The molecular formula is C21H20ClN3O4. The zero-order chi connectivity index (χ0) is 20.5. The number of anilines is 1. The number of halogens is 1. The van der Waals surface area contributed by atoms with Crippen LogP contribution < -0.4 is 14.4 Å². The first kappa shape index (κ1) is 19.3. The molecule has 0 bridgehead atoms. The largest absolute Gasteiger partial charge is 0.497 e. The standard InChI is InChI=1S/C21H20ClN3O4/c1-12-17(22)5-4-6-18(12)25-11-14(9-19(25)26)20-23-21(29-24-20)13-7-15(27-2)10-16(8-13)28-3/h4-8,10,14H,9,11H2,1-3H3. The Bertz CT molecular complexity index is 1040. The molecule has 0 N–H and O–H groups in total. The lowest BCUT2D eigenvalue weighted by Gasteiger charge is -2.19. The van der Waals surface area contributed by atoms with Crippen molar-refractivity contribution in [2.75, 3.05) is 25.7 Å². The van der Waals surface area contributed by atoms with Gasteiger partial charge in [-0.05, 0) is 36.8 Å². The first-order valence-corrected chi connectivity index (χ1v) is 9.50. The molecule has 0 aliphatic carbocycles. The Morgan fingerprint density at radius 1 is 1.17 bits per heavy atom. The van der Waals surface area contributed by atoms with Crippen LogP contribution in [0.2, 0.25) is 5.02 Å². The summed E-state index contributed by atoms with van der Waals surface area (Å²) < 4.78 is 16.0. The quantitative estimate of drug-likeness (QED) is 0.622. The van der Waals surface area contributed by atoms with E-state index in [4.69, 9.17) is 25.6 Å². The third-order valence-corrected chi connectivity index (χ3v) is 5.47. The number of ether oxygens (including phenoxy) is 2. The highest BCUT2D eigenvalue weighted by molar-refractivity contribution is 6.31. The molecule has 1 unspecified atom stereocenters. The molecule has 0 saturated carbocycles. The van der Waals surface area contributed by atoms with Crippen LogP contribution in [-0.2, 0) is 4.79 Å². The van der Waals surface area contributed by atoms with E-state index in [2.05, 4.69) is 10.1 Å². The predicted molar refractivity (Wildman–Crippen MR) is 109 cm³/mol. The number of carbonyl (C=O) groups is 1. The molecule has 1 atom stereocenters. The van der Waals surface area contributed by atoms with Crippen LogP contribution in [0.3, 0.4) is 0 Å². The average molecular weight is 414 g/mol. The van der Waals surface area contributed by atoms with Gasteiger partial charge in [-0.1, -0.05) is 22.8 Å². The van der Waals surface area contributed by atoms with Crippen LogP contribution in [0, 0.1) is 6.92 Å². The smallest absolute Gasteiger partial charge is 0.258 e. The Labute approximate surface area is 173 Å². The number of hydrogen-bond donors (Lipinski definition) is 0. The second kappa shape index (κ2) is 7.75. The molecule has 150 valence electrons. The van der Waals surface area contributed by atoms with Gasteiger partial charge in [-0.25, -0.2) is 0 Å². The van der Waals surface area contributed by atoms with Gasteiger partial charge in [0.2, 0.25) is 5.91 Å². The van der Waals surface area contributed by atoms with Crippen LogP contribution in [0.4, 0.5) is 5.69 Å². The summed E-state index contributed by atoms with van der Waals surface area (Å²) in [6.07, 6.45) is 0.312. The van der Waals surface area contributed by atoms with E-state index in [9.17, 15) is 4.79 Å². The van der Waals surface area contributed by atoms with Gasteiger partial charge in [0, 0.05) is 41.2 Å². The van der Waals surface area contributed by atoms with Crippen molar-refractivity contribution in [2.24, 2.45) is 0 Å². The van der Waals surface area contributed by atoms with E-state index >= 15 is 0 Å². The minimum atomic E-state index is -0.161. The van der Waals surface area contributed by atoms with Crippen molar-refractivity contribution < 1.29 is 18.8 Å². The zero-order valence-corrected chi connectivity index (χ0v) is 17.1. The molecule has 1 saturated heterocycles. The molecule has 0 spiro atoms. The van der Waals surface area contributed by atoms with Gasteiger partial charge in [0.05, 0.1) is 14.2 Å². The summed E-state index contributed by atoms with van der Waals surface area (Å²) in [5, 5.41) is 4.75. The van der Waals surface area contributed by atoms with E-state index in [1.807, 2.05) is 25.1 Å². The first-order valence-electron chi connectivity index (χ1n) is 9.12. The van der Waals surface area contributed by atoms with Crippen molar-refractivity contribution in [3.8, 4) is 23.0 Å². The fourth-order valence-electron chi connectivity index (χ4n) is 3.45. The normalized spacial score (nSPS) is 16.3. The van der Waals surface area contributed by atoms with Crippen molar-refractivity contribution in [3.63, 3.8) is 0 Å². The first-order chi connectivity index (χ1) is 14.0.